The minimum Gasteiger partial charge on any atom is -0.454 e. The van der Waals surface area contributed by atoms with Gasteiger partial charge in [0.1, 0.15) is 17.3 Å². The van der Waals surface area contributed by atoms with Gasteiger partial charge in [0.2, 0.25) is 0 Å². The third-order valence-electron chi connectivity index (χ3n) is 11.9. The van der Waals surface area contributed by atoms with Crippen LogP contribution in [0.25, 0.3) is 75.9 Å². The van der Waals surface area contributed by atoms with Crippen LogP contribution in [0.1, 0.15) is 70.5 Å². The van der Waals surface area contributed by atoms with Crippen LogP contribution in [0.15, 0.2) is 181 Å². The number of nitrogens with one attached hydrogen (secondary N) is 1. The van der Waals surface area contributed by atoms with Crippen LogP contribution in [0.2, 0.25) is 0 Å². The zero-order chi connectivity index (χ0) is 48.6. The van der Waals surface area contributed by atoms with E-state index in [2.05, 4.69) is 5.32 Å². The predicted molar refractivity (Wildman–Crippen MR) is 279 cm³/mol. The number of rotatable bonds is 5. The number of carbonyl (C=O) groups is 3. The lowest BCUT2D eigenvalue weighted by atomic mass is 9.89. The molecule has 1 N–H and O–H groups in total. The highest BCUT2D eigenvalue weighted by Gasteiger charge is 2.26. The molecule has 1 amide bonds. The molecule has 69 heavy (non-hydrogen) atoms. The number of benzene rings is 9. The lowest BCUT2D eigenvalue weighted by Gasteiger charge is -2.22. The number of amides is 1. The van der Waals surface area contributed by atoms with Gasteiger partial charge in [0.15, 0.2) is 0 Å². The van der Waals surface area contributed by atoms with Gasteiger partial charge in [0, 0.05) is 27.3 Å². The van der Waals surface area contributed by atoms with Gasteiger partial charge in [-0.3, -0.25) is 10.1 Å². The Bertz CT molecular complexity index is 3690. The van der Waals surface area contributed by atoms with Crippen molar-refractivity contribution in [1.29, 1.82) is 0 Å². The monoisotopic (exact) mass is 912 g/mol. The maximum Gasteiger partial charge on any atom is 0.422 e. The number of esters is 1. The zero-order valence-corrected chi connectivity index (χ0v) is 39.6. The molecule has 9 aromatic carbocycles. The summed E-state index contributed by atoms with van der Waals surface area (Å²) < 4.78 is 18.3. The van der Waals surface area contributed by atoms with Crippen LogP contribution in [0.4, 0.5) is 15.3 Å². The van der Waals surface area contributed by atoms with E-state index in [0.717, 1.165) is 65.0 Å². The van der Waals surface area contributed by atoms with Crippen molar-refractivity contribution in [2.24, 2.45) is 0 Å². The van der Waals surface area contributed by atoms with Crippen LogP contribution in [-0.2, 0) is 14.2 Å². The maximum atomic E-state index is 13.8. The van der Waals surface area contributed by atoms with Gasteiger partial charge in [-0.1, -0.05) is 152 Å². The van der Waals surface area contributed by atoms with Crippen molar-refractivity contribution in [3.8, 4) is 11.1 Å². The fourth-order valence-corrected chi connectivity index (χ4v) is 8.93. The van der Waals surface area contributed by atoms with Crippen LogP contribution < -0.4 is 10.9 Å². The van der Waals surface area contributed by atoms with E-state index < -0.39 is 35.5 Å². The minimum atomic E-state index is -0.710. The third kappa shape index (κ3) is 9.36. The second-order valence-corrected chi connectivity index (χ2v) is 19.0. The number of anilines is 1. The van der Waals surface area contributed by atoms with Crippen molar-refractivity contribution in [3.05, 3.63) is 197 Å². The Morgan fingerprint density at radius 3 is 1.57 bits per heavy atom. The van der Waals surface area contributed by atoms with E-state index in [0.29, 0.717) is 27.7 Å². The van der Waals surface area contributed by atoms with E-state index >= 15 is 0 Å². The Balaban J connectivity index is 0.000000177. The molecule has 9 nitrogen and oxygen atoms in total. The van der Waals surface area contributed by atoms with Gasteiger partial charge < -0.3 is 14.2 Å². The fraction of sp³-hybridized carbons (Fsp3) is 0.167. The first-order valence-corrected chi connectivity index (χ1v) is 23.0. The molecule has 0 saturated carbocycles. The molecule has 0 bridgehead atoms. The van der Waals surface area contributed by atoms with E-state index in [1.54, 1.807) is 26.8 Å². The molecule has 0 fully saturated rings. The van der Waals surface area contributed by atoms with Crippen LogP contribution in [0.3, 0.4) is 0 Å². The predicted octanol–water partition coefficient (Wildman–Crippen LogP) is 15.2. The molecular formula is C60H52N2O7. The molecule has 0 spiro atoms. The van der Waals surface area contributed by atoms with E-state index in [-0.39, 0.29) is 5.56 Å². The molecule has 1 heterocycles. The van der Waals surface area contributed by atoms with Crippen molar-refractivity contribution in [3.63, 3.8) is 0 Å². The molecule has 1 atom stereocenters. The topological polar surface area (TPSA) is 113 Å². The Morgan fingerprint density at radius 2 is 0.971 bits per heavy atom. The molecule has 0 aliphatic rings. The summed E-state index contributed by atoms with van der Waals surface area (Å²) in [6, 6.07) is 56.5. The Labute approximate surface area is 399 Å². The summed E-state index contributed by atoms with van der Waals surface area (Å²) >= 11 is 0. The number of nitrogens with zero attached hydrogens (tertiary/aromatic N) is 1. The zero-order valence-electron chi connectivity index (χ0n) is 39.6. The van der Waals surface area contributed by atoms with Gasteiger partial charge in [-0.25, -0.2) is 19.0 Å². The Hall–Kier alpha value is -8.30. The van der Waals surface area contributed by atoms with Crippen LogP contribution in [0, 0.1) is 0 Å². The smallest absolute Gasteiger partial charge is 0.422 e. The van der Waals surface area contributed by atoms with E-state index in [1.165, 1.54) is 4.57 Å². The Morgan fingerprint density at radius 1 is 0.493 bits per heavy atom. The number of carbonyl (C=O) groups excluding carboxylic acids is 3. The maximum absolute atomic E-state index is 13.8. The summed E-state index contributed by atoms with van der Waals surface area (Å²) in [6.45, 7) is 12.7. The SMILES string of the molecule is CC(C)(C)OC(=O)n1c(=O)c2ccc3ccccc3c2c2c3ccccc3ccc21.C[C@H](OC(=O)c1ccc2ccccc2c1-c1c(NC(=O)OC(C)(C)C)ccc2ccccc12)c1ccccc1. The van der Waals surface area contributed by atoms with Crippen molar-refractivity contribution >= 4 is 88.6 Å². The van der Waals surface area contributed by atoms with Crippen molar-refractivity contribution in [1.82, 2.24) is 4.57 Å². The second-order valence-electron chi connectivity index (χ2n) is 19.0. The summed E-state index contributed by atoms with van der Waals surface area (Å²) in [7, 11) is 0. The standard InChI is InChI=1S/C34H31NO4.C26H21NO3/c1-22(23-12-6-5-7-13-23)38-32(36)28-20-18-24-14-8-10-16-26(24)30(28)31-27-17-11-9-15-25(27)19-21-29(31)35-33(37)39-34(2,3)4;1-26(2,3)30-25(29)27-21-15-13-17-9-5-7-11-19(17)23(21)22-18-10-6-4-8-16(18)12-14-20(22)24(27)28/h5-22H,1-4H3,(H,35,37);4-15H,1-3H3/t22-;/m0./s1. The average molecular weight is 913 g/mol. The number of ether oxygens (including phenoxy) is 3. The van der Waals surface area contributed by atoms with Crippen LogP contribution in [0.5, 0.6) is 0 Å². The molecule has 0 unspecified atom stereocenters. The molecule has 9 heteroatoms. The largest absolute Gasteiger partial charge is 0.454 e. The number of hydrogen-bond acceptors (Lipinski definition) is 7. The van der Waals surface area contributed by atoms with Gasteiger partial charge in [-0.15, -0.1) is 0 Å². The number of fused-ring (bicyclic) bond motifs is 9. The van der Waals surface area contributed by atoms with E-state index in [9.17, 15) is 19.2 Å². The fourth-order valence-electron chi connectivity index (χ4n) is 8.93. The summed E-state index contributed by atoms with van der Waals surface area (Å²) in [5.41, 5.74) is 2.11. The van der Waals surface area contributed by atoms with Crippen molar-refractivity contribution in [2.75, 3.05) is 5.32 Å². The van der Waals surface area contributed by atoms with Crippen molar-refractivity contribution < 1.29 is 28.6 Å². The lowest BCUT2D eigenvalue weighted by molar-refractivity contribution is 0.0338. The highest BCUT2D eigenvalue weighted by atomic mass is 16.6. The molecule has 344 valence electrons. The molecule has 0 saturated heterocycles. The quantitative estimate of drug-likeness (QED) is 0.104. The summed E-state index contributed by atoms with van der Waals surface area (Å²) in [5.74, 6) is -0.441. The molecule has 0 aliphatic heterocycles. The highest BCUT2D eigenvalue weighted by Crippen LogP contribution is 2.43. The average Bonchev–Trinajstić information content (AvgIpc) is 3.32. The van der Waals surface area contributed by atoms with Gasteiger partial charge >= 0.3 is 18.2 Å². The lowest BCUT2D eigenvalue weighted by Crippen LogP contribution is -2.34. The summed E-state index contributed by atoms with van der Waals surface area (Å²) in [5, 5.41) is 13.0. The number of hydrogen-bond donors (Lipinski definition) is 1. The van der Waals surface area contributed by atoms with Gasteiger partial charge in [0.05, 0.1) is 16.8 Å². The molecule has 10 rings (SSSR count). The third-order valence-corrected chi connectivity index (χ3v) is 11.9. The number of pyridine rings is 1. The first-order valence-electron chi connectivity index (χ1n) is 23.0. The Kier molecular flexibility index (Phi) is 12.2. The van der Waals surface area contributed by atoms with E-state index in [4.69, 9.17) is 14.2 Å². The van der Waals surface area contributed by atoms with Crippen LogP contribution in [-0.4, -0.2) is 33.9 Å². The highest BCUT2D eigenvalue weighted by molar-refractivity contribution is 6.27. The van der Waals surface area contributed by atoms with E-state index in [1.807, 2.05) is 198 Å². The second kappa shape index (κ2) is 18.4. The number of aromatic nitrogens is 1. The molecular weight excluding hydrogens is 861 g/mol. The molecule has 0 radical (unpaired) electrons. The summed E-state index contributed by atoms with van der Waals surface area (Å²) in [4.78, 5) is 53.3. The van der Waals surface area contributed by atoms with Gasteiger partial charge in [0.25, 0.3) is 5.56 Å². The molecule has 0 aliphatic carbocycles. The molecule has 1 aromatic heterocycles. The minimum absolute atomic E-state index is 0.368. The first-order chi connectivity index (χ1) is 33.1. The van der Waals surface area contributed by atoms with Gasteiger partial charge in [-0.2, -0.15) is 0 Å². The first kappa shape index (κ1) is 45.8. The normalized spacial score (nSPS) is 12.2. The summed E-state index contributed by atoms with van der Waals surface area (Å²) in [6.07, 6.45) is -1.67. The van der Waals surface area contributed by atoms with Gasteiger partial charge in [-0.05, 0) is 121 Å². The van der Waals surface area contributed by atoms with Crippen molar-refractivity contribution in [2.45, 2.75) is 65.8 Å². The molecule has 10 aromatic rings. The van der Waals surface area contributed by atoms with Crippen LogP contribution >= 0.6 is 0 Å².